The molecule has 1 saturated heterocycles. The topological polar surface area (TPSA) is 129 Å². The van der Waals surface area contributed by atoms with Crippen molar-refractivity contribution in [2.24, 2.45) is 0 Å². The van der Waals surface area contributed by atoms with Gasteiger partial charge in [-0.2, -0.15) is 0 Å². The van der Waals surface area contributed by atoms with E-state index in [1.165, 1.54) is 24.3 Å². The molecule has 0 aliphatic carbocycles. The molecule has 2 rings (SSSR count). The first kappa shape index (κ1) is 16.0. The number of aliphatic hydroxyl groups excluding tert-OH is 4. The van der Waals surface area contributed by atoms with E-state index in [4.69, 9.17) is 24.3 Å². The molecule has 9 heteroatoms. The molecule has 1 radical (unpaired) electrons. The van der Waals surface area contributed by atoms with Crippen LogP contribution in [-0.2, 0) is 4.74 Å². The van der Waals surface area contributed by atoms with Gasteiger partial charge in [0.15, 0.2) is 0 Å². The summed E-state index contributed by atoms with van der Waals surface area (Å²) in [5.74, 6) is 0.684. The quantitative estimate of drug-likeness (QED) is 0.386. The maximum Gasteiger partial charge on any atom is 0.569 e. The van der Waals surface area contributed by atoms with Crippen molar-refractivity contribution < 1.29 is 39.6 Å². The summed E-state index contributed by atoms with van der Waals surface area (Å²) < 4.78 is 15.3. The van der Waals surface area contributed by atoms with Gasteiger partial charge >= 0.3 is 7.69 Å². The van der Waals surface area contributed by atoms with Crippen LogP contribution < -0.4 is 9.39 Å². The van der Waals surface area contributed by atoms with E-state index in [-0.39, 0.29) is 0 Å². The van der Waals surface area contributed by atoms with Crippen molar-refractivity contribution >= 4 is 7.69 Å². The van der Waals surface area contributed by atoms with Gasteiger partial charge in [0.1, 0.15) is 35.9 Å². The number of rotatable bonds is 5. The van der Waals surface area contributed by atoms with E-state index in [1.54, 1.807) is 0 Å². The molecule has 0 spiro atoms. The van der Waals surface area contributed by atoms with Crippen LogP contribution in [0.25, 0.3) is 0 Å². The highest BCUT2D eigenvalue weighted by molar-refractivity contribution is 6.17. The highest BCUT2D eigenvalue weighted by Crippen LogP contribution is 2.25. The highest BCUT2D eigenvalue weighted by atomic mass is 16.7. The first-order chi connectivity index (χ1) is 10.1. The summed E-state index contributed by atoms with van der Waals surface area (Å²) in [7, 11) is 0.535. The predicted octanol–water partition coefficient (Wildman–Crippen LogP) is -2.23. The summed E-state index contributed by atoms with van der Waals surface area (Å²) in [6, 6.07) is 6.01. The minimum Gasteiger partial charge on any atom is -0.537 e. The zero-order chi connectivity index (χ0) is 15.4. The van der Waals surface area contributed by atoms with E-state index < -0.39 is 37.3 Å². The van der Waals surface area contributed by atoms with E-state index in [2.05, 4.69) is 0 Å². The summed E-state index contributed by atoms with van der Waals surface area (Å²) in [4.78, 5) is 0. The SMILES string of the molecule is O[B]Oc1ccc(OC2O[C@H](CO)[C@@H](O)[C@H](O)[C@@H]2O)cc1. The summed E-state index contributed by atoms with van der Waals surface area (Å²) in [5, 5.41) is 46.7. The van der Waals surface area contributed by atoms with Crippen molar-refractivity contribution in [3.05, 3.63) is 24.3 Å². The summed E-state index contributed by atoms with van der Waals surface area (Å²) in [6.45, 7) is -0.524. The van der Waals surface area contributed by atoms with Crippen molar-refractivity contribution in [2.75, 3.05) is 6.61 Å². The lowest BCUT2D eigenvalue weighted by Crippen LogP contribution is -2.60. The minimum atomic E-state index is -1.49. The van der Waals surface area contributed by atoms with E-state index in [0.717, 1.165) is 0 Å². The Morgan fingerprint density at radius 2 is 1.62 bits per heavy atom. The van der Waals surface area contributed by atoms with Crippen LogP contribution in [0, 0.1) is 0 Å². The maximum atomic E-state index is 9.82. The van der Waals surface area contributed by atoms with E-state index in [9.17, 15) is 15.3 Å². The van der Waals surface area contributed by atoms with Crippen molar-refractivity contribution in [3.8, 4) is 11.5 Å². The molecule has 1 heterocycles. The third kappa shape index (κ3) is 3.65. The van der Waals surface area contributed by atoms with E-state index in [1.807, 2.05) is 0 Å². The van der Waals surface area contributed by atoms with Crippen molar-refractivity contribution in [1.29, 1.82) is 0 Å². The molecule has 0 amide bonds. The second kappa shape index (κ2) is 7.07. The van der Waals surface area contributed by atoms with Gasteiger partial charge in [-0.05, 0) is 24.3 Å². The van der Waals surface area contributed by atoms with Gasteiger partial charge in [0.25, 0.3) is 0 Å². The fraction of sp³-hybridized carbons (Fsp3) is 0.500. The molecule has 1 aromatic carbocycles. The Morgan fingerprint density at radius 1 is 1.00 bits per heavy atom. The average molecular weight is 299 g/mol. The lowest BCUT2D eigenvalue weighted by atomic mass is 9.99. The van der Waals surface area contributed by atoms with Gasteiger partial charge in [-0.15, -0.1) is 0 Å². The third-order valence-electron chi connectivity index (χ3n) is 3.11. The monoisotopic (exact) mass is 299 g/mol. The zero-order valence-corrected chi connectivity index (χ0v) is 10.9. The average Bonchev–Trinajstić information content (AvgIpc) is 2.50. The largest absolute Gasteiger partial charge is 0.569 e. The normalized spacial score (nSPS) is 32.5. The number of benzene rings is 1. The van der Waals surface area contributed by atoms with Gasteiger partial charge in [-0.25, -0.2) is 0 Å². The highest BCUT2D eigenvalue weighted by Gasteiger charge is 2.44. The van der Waals surface area contributed by atoms with Crippen LogP contribution in [0.15, 0.2) is 24.3 Å². The van der Waals surface area contributed by atoms with Gasteiger partial charge in [0, 0.05) is 0 Å². The number of ether oxygens (including phenoxy) is 2. The smallest absolute Gasteiger partial charge is 0.537 e. The fourth-order valence-electron chi connectivity index (χ4n) is 1.96. The zero-order valence-electron chi connectivity index (χ0n) is 10.9. The molecule has 0 aromatic heterocycles. The molecule has 1 aliphatic heterocycles. The molecule has 1 aliphatic rings. The lowest BCUT2D eigenvalue weighted by Gasteiger charge is -2.39. The van der Waals surface area contributed by atoms with Gasteiger partial charge < -0.3 is 39.6 Å². The molecular formula is C12H16BO8. The maximum absolute atomic E-state index is 9.82. The Morgan fingerprint density at radius 3 is 2.19 bits per heavy atom. The summed E-state index contributed by atoms with van der Waals surface area (Å²) >= 11 is 0. The standard InChI is InChI=1S/C12H16BO8/c14-5-8-9(15)10(16)11(17)12(20-8)19-6-1-3-7(4-2-6)21-13-18/h1-4,8-12,14-18H,5H2/t8-,9-,10+,11+,12?/m1/s1. The molecule has 1 unspecified atom stereocenters. The van der Waals surface area contributed by atoms with Gasteiger partial charge in [0.05, 0.1) is 6.61 Å². The van der Waals surface area contributed by atoms with Crippen LogP contribution in [0.2, 0.25) is 0 Å². The molecule has 5 N–H and O–H groups in total. The van der Waals surface area contributed by atoms with E-state index >= 15 is 0 Å². The number of hydrogen-bond acceptors (Lipinski definition) is 8. The number of aliphatic hydroxyl groups is 4. The Balaban J connectivity index is 2.03. The molecule has 115 valence electrons. The molecule has 8 nitrogen and oxygen atoms in total. The van der Waals surface area contributed by atoms with Gasteiger partial charge in [-0.1, -0.05) is 0 Å². The van der Waals surface area contributed by atoms with Crippen LogP contribution in [0.1, 0.15) is 0 Å². The van der Waals surface area contributed by atoms with E-state index in [0.29, 0.717) is 19.2 Å². The third-order valence-corrected chi connectivity index (χ3v) is 3.11. The molecule has 5 atom stereocenters. The van der Waals surface area contributed by atoms with Gasteiger partial charge in [0.2, 0.25) is 6.29 Å². The van der Waals surface area contributed by atoms with Crippen LogP contribution in [0.4, 0.5) is 0 Å². The fourth-order valence-corrected chi connectivity index (χ4v) is 1.96. The van der Waals surface area contributed by atoms with Crippen molar-refractivity contribution in [2.45, 2.75) is 30.7 Å². The summed E-state index contributed by atoms with van der Waals surface area (Å²) in [6.07, 6.45) is -6.66. The minimum absolute atomic E-state index is 0.310. The lowest BCUT2D eigenvalue weighted by molar-refractivity contribution is -0.277. The molecule has 21 heavy (non-hydrogen) atoms. The van der Waals surface area contributed by atoms with Crippen LogP contribution >= 0.6 is 0 Å². The van der Waals surface area contributed by atoms with Crippen molar-refractivity contribution in [3.63, 3.8) is 0 Å². The van der Waals surface area contributed by atoms with Gasteiger partial charge in [-0.3, -0.25) is 0 Å². The van der Waals surface area contributed by atoms with Crippen LogP contribution in [0.5, 0.6) is 11.5 Å². The molecule has 1 aromatic rings. The second-order valence-electron chi connectivity index (χ2n) is 4.51. The van der Waals surface area contributed by atoms with Crippen molar-refractivity contribution in [1.82, 2.24) is 0 Å². The Labute approximate surface area is 121 Å². The first-order valence-corrected chi connectivity index (χ1v) is 6.26. The van der Waals surface area contributed by atoms with Crippen LogP contribution in [0.3, 0.4) is 0 Å². The molecule has 0 bridgehead atoms. The Kier molecular flexibility index (Phi) is 5.40. The Hall–Kier alpha value is -1.36. The van der Waals surface area contributed by atoms with Crippen LogP contribution in [-0.4, -0.2) is 70.4 Å². The summed E-state index contributed by atoms with van der Waals surface area (Å²) in [5.41, 5.74) is 0. The molecule has 0 saturated carbocycles. The Bertz CT molecular complexity index is 439. The first-order valence-electron chi connectivity index (χ1n) is 6.26. The number of hydrogen-bond donors (Lipinski definition) is 5. The molecule has 1 fully saturated rings. The predicted molar refractivity (Wildman–Crippen MR) is 69.4 cm³/mol. The second-order valence-corrected chi connectivity index (χ2v) is 4.51. The molecular weight excluding hydrogens is 283 g/mol.